The lowest BCUT2D eigenvalue weighted by Gasteiger charge is -2.26. The van der Waals surface area contributed by atoms with E-state index in [2.05, 4.69) is 15.7 Å². The number of nitrogens with zero attached hydrogens (tertiary/aromatic N) is 3. The molecule has 2 aromatic rings. The molecule has 0 saturated carbocycles. The Morgan fingerprint density at radius 1 is 1.04 bits per heavy atom. The zero-order valence-electron chi connectivity index (χ0n) is 15.3. The molecule has 2 heterocycles. The van der Waals surface area contributed by atoms with E-state index in [1.54, 1.807) is 36.2 Å². The van der Waals surface area contributed by atoms with Crippen molar-refractivity contribution < 1.29 is 14.4 Å². The fraction of sp³-hybridized carbons (Fsp3) is 0.368. The number of hydrogen-bond acceptors (Lipinski definition) is 4. The summed E-state index contributed by atoms with van der Waals surface area (Å²) < 4.78 is 1.42. The number of carbonyl (C=O) groups is 3. The Labute approximate surface area is 157 Å². The molecule has 0 bridgehead atoms. The van der Waals surface area contributed by atoms with Gasteiger partial charge in [0.15, 0.2) is 5.69 Å². The number of likely N-dealkylation sites (tertiary alicyclic amines) is 1. The van der Waals surface area contributed by atoms with Crippen molar-refractivity contribution >= 4 is 23.5 Å². The summed E-state index contributed by atoms with van der Waals surface area (Å²) in [5.74, 6) is -0.421. The first-order chi connectivity index (χ1) is 13.0. The summed E-state index contributed by atoms with van der Waals surface area (Å²) in [7, 11) is 1.64. The van der Waals surface area contributed by atoms with Crippen LogP contribution >= 0.6 is 0 Å². The van der Waals surface area contributed by atoms with Crippen molar-refractivity contribution in [3.8, 4) is 0 Å². The van der Waals surface area contributed by atoms with Gasteiger partial charge in [-0.1, -0.05) is 18.2 Å². The molecule has 3 rings (SSSR count). The van der Waals surface area contributed by atoms with Gasteiger partial charge in [-0.05, 0) is 31.4 Å². The Morgan fingerprint density at radius 2 is 1.74 bits per heavy atom. The zero-order valence-corrected chi connectivity index (χ0v) is 15.3. The van der Waals surface area contributed by atoms with Crippen molar-refractivity contribution in [2.45, 2.75) is 19.3 Å². The first-order valence-electron chi connectivity index (χ1n) is 9.01. The van der Waals surface area contributed by atoms with E-state index in [4.69, 9.17) is 0 Å². The number of carbonyl (C=O) groups excluding carboxylic acids is 3. The van der Waals surface area contributed by atoms with E-state index in [1.807, 2.05) is 6.07 Å². The number of aromatic nitrogens is 2. The Kier molecular flexibility index (Phi) is 5.85. The van der Waals surface area contributed by atoms with Gasteiger partial charge in [0.1, 0.15) is 5.82 Å². The summed E-state index contributed by atoms with van der Waals surface area (Å²) in [6.45, 7) is 1.43. The van der Waals surface area contributed by atoms with Crippen molar-refractivity contribution in [1.82, 2.24) is 20.0 Å². The third kappa shape index (κ3) is 4.72. The van der Waals surface area contributed by atoms with Crippen LogP contribution in [0.5, 0.6) is 0 Å². The minimum absolute atomic E-state index is 0.0544. The number of rotatable bonds is 5. The summed E-state index contributed by atoms with van der Waals surface area (Å²) in [6.07, 6.45) is 3.15. The summed E-state index contributed by atoms with van der Waals surface area (Å²) in [5.41, 5.74) is 0.657. The van der Waals surface area contributed by atoms with E-state index >= 15 is 0 Å². The van der Waals surface area contributed by atoms with E-state index in [0.29, 0.717) is 11.4 Å². The van der Waals surface area contributed by atoms with Crippen molar-refractivity contribution in [1.29, 1.82) is 0 Å². The molecule has 3 amide bonds. The third-order valence-electron chi connectivity index (χ3n) is 4.50. The molecule has 8 nitrogen and oxygen atoms in total. The minimum atomic E-state index is -0.448. The third-order valence-corrected chi connectivity index (χ3v) is 4.50. The molecule has 8 heteroatoms. The molecule has 0 atom stereocenters. The number of hydrogen-bond donors (Lipinski definition) is 2. The van der Waals surface area contributed by atoms with E-state index < -0.39 is 5.91 Å². The standard InChI is InChI=1S/C19H23N5O3/c1-23-16(21-18(26)14-8-4-2-5-9-14)12-15(22-23)19(27)20-13-17(25)24-10-6-3-7-11-24/h2,4-5,8-9,12H,3,6-7,10-11,13H2,1H3,(H,20,27)(H,21,26). The maximum Gasteiger partial charge on any atom is 0.272 e. The summed E-state index contributed by atoms with van der Waals surface area (Å²) >= 11 is 0. The number of aryl methyl sites for hydroxylation is 1. The van der Waals surface area contributed by atoms with Gasteiger partial charge in [-0.2, -0.15) is 5.10 Å². The van der Waals surface area contributed by atoms with Crippen molar-refractivity contribution in [2.24, 2.45) is 7.05 Å². The highest BCUT2D eigenvalue weighted by atomic mass is 16.2. The first-order valence-corrected chi connectivity index (χ1v) is 9.01. The molecule has 0 aliphatic carbocycles. The van der Waals surface area contributed by atoms with Crippen LogP contribution in [-0.2, 0) is 11.8 Å². The van der Waals surface area contributed by atoms with E-state index in [1.165, 1.54) is 10.7 Å². The second-order valence-corrected chi connectivity index (χ2v) is 6.48. The monoisotopic (exact) mass is 369 g/mol. The first kappa shape index (κ1) is 18.6. The molecule has 1 fully saturated rings. The topological polar surface area (TPSA) is 96.3 Å². The molecule has 1 aliphatic rings. The Bertz CT molecular complexity index is 825. The molecule has 1 saturated heterocycles. The zero-order chi connectivity index (χ0) is 19.2. The largest absolute Gasteiger partial charge is 0.342 e. The molecule has 0 radical (unpaired) electrons. The van der Waals surface area contributed by atoms with Crippen LogP contribution in [-0.4, -0.2) is 52.0 Å². The predicted octanol–water partition coefficient (Wildman–Crippen LogP) is 1.41. The highest BCUT2D eigenvalue weighted by Gasteiger charge is 2.19. The maximum atomic E-state index is 12.3. The van der Waals surface area contributed by atoms with Gasteiger partial charge >= 0.3 is 0 Å². The van der Waals surface area contributed by atoms with Crippen LogP contribution in [0.4, 0.5) is 5.82 Å². The average Bonchev–Trinajstić information content (AvgIpc) is 3.07. The van der Waals surface area contributed by atoms with Crippen LogP contribution in [0.3, 0.4) is 0 Å². The summed E-state index contributed by atoms with van der Waals surface area (Å²) in [5, 5.41) is 9.44. The van der Waals surface area contributed by atoms with Crippen LogP contribution in [0.1, 0.15) is 40.1 Å². The van der Waals surface area contributed by atoms with Gasteiger partial charge in [0, 0.05) is 31.8 Å². The minimum Gasteiger partial charge on any atom is -0.342 e. The summed E-state index contributed by atoms with van der Waals surface area (Å²) in [6, 6.07) is 10.3. The summed E-state index contributed by atoms with van der Waals surface area (Å²) in [4.78, 5) is 38.4. The molecule has 1 aromatic carbocycles. The number of piperidine rings is 1. The molecule has 142 valence electrons. The number of nitrogens with one attached hydrogen (secondary N) is 2. The second-order valence-electron chi connectivity index (χ2n) is 6.48. The Hall–Kier alpha value is -3.16. The molecule has 2 N–H and O–H groups in total. The second kappa shape index (κ2) is 8.48. The molecule has 27 heavy (non-hydrogen) atoms. The van der Waals surface area contributed by atoms with Gasteiger partial charge in [0.2, 0.25) is 5.91 Å². The van der Waals surface area contributed by atoms with Crippen molar-refractivity contribution in [3.63, 3.8) is 0 Å². The number of benzene rings is 1. The normalized spacial score (nSPS) is 13.9. The molecule has 1 aromatic heterocycles. The van der Waals surface area contributed by atoms with Crippen LogP contribution in [0.2, 0.25) is 0 Å². The highest BCUT2D eigenvalue weighted by Crippen LogP contribution is 2.12. The quantitative estimate of drug-likeness (QED) is 0.833. The van der Waals surface area contributed by atoms with Gasteiger partial charge in [0.05, 0.1) is 6.54 Å². The molecule has 0 unspecified atom stereocenters. The lowest BCUT2D eigenvalue weighted by Crippen LogP contribution is -2.42. The van der Waals surface area contributed by atoms with Gasteiger partial charge in [0.25, 0.3) is 11.8 Å². The van der Waals surface area contributed by atoms with Crippen LogP contribution in [0, 0.1) is 0 Å². The Morgan fingerprint density at radius 3 is 2.44 bits per heavy atom. The Balaban J connectivity index is 1.57. The van der Waals surface area contributed by atoms with Gasteiger partial charge < -0.3 is 15.5 Å². The predicted molar refractivity (Wildman–Crippen MR) is 100 cm³/mol. The van der Waals surface area contributed by atoms with Gasteiger partial charge in [-0.3, -0.25) is 19.1 Å². The van der Waals surface area contributed by atoms with E-state index in [0.717, 1.165) is 32.4 Å². The van der Waals surface area contributed by atoms with Gasteiger partial charge in [-0.15, -0.1) is 0 Å². The fourth-order valence-corrected chi connectivity index (χ4v) is 2.97. The molecule has 0 spiro atoms. The van der Waals surface area contributed by atoms with Gasteiger partial charge in [-0.25, -0.2) is 0 Å². The maximum absolute atomic E-state index is 12.3. The van der Waals surface area contributed by atoms with Crippen molar-refractivity contribution in [3.05, 3.63) is 47.7 Å². The fourth-order valence-electron chi connectivity index (χ4n) is 2.97. The van der Waals surface area contributed by atoms with E-state index in [-0.39, 0.29) is 24.1 Å². The lowest BCUT2D eigenvalue weighted by molar-refractivity contribution is -0.130. The highest BCUT2D eigenvalue weighted by molar-refractivity contribution is 6.04. The van der Waals surface area contributed by atoms with E-state index in [9.17, 15) is 14.4 Å². The number of amides is 3. The van der Waals surface area contributed by atoms with Crippen LogP contribution in [0.25, 0.3) is 0 Å². The van der Waals surface area contributed by atoms with Crippen LogP contribution < -0.4 is 10.6 Å². The molecular formula is C19H23N5O3. The molecule has 1 aliphatic heterocycles. The molecular weight excluding hydrogens is 346 g/mol. The SMILES string of the molecule is Cn1nc(C(=O)NCC(=O)N2CCCCC2)cc1NC(=O)c1ccccc1. The van der Waals surface area contributed by atoms with Crippen LogP contribution in [0.15, 0.2) is 36.4 Å². The van der Waals surface area contributed by atoms with Crippen molar-refractivity contribution in [2.75, 3.05) is 25.0 Å². The smallest absolute Gasteiger partial charge is 0.272 e. The number of anilines is 1. The lowest BCUT2D eigenvalue weighted by atomic mass is 10.1. The average molecular weight is 369 g/mol.